The lowest BCUT2D eigenvalue weighted by Crippen LogP contribution is -2.23. The molecule has 2 unspecified atom stereocenters. The minimum Gasteiger partial charge on any atom is -0.390 e. The van der Waals surface area contributed by atoms with Gasteiger partial charge in [-0.1, -0.05) is 0 Å². The van der Waals surface area contributed by atoms with E-state index >= 15 is 0 Å². The van der Waals surface area contributed by atoms with Crippen LogP contribution in [0.15, 0.2) is 0 Å². The molecule has 4 N–H and O–H groups in total. The van der Waals surface area contributed by atoms with Gasteiger partial charge in [-0.25, -0.2) is 0 Å². The lowest BCUT2D eigenvalue weighted by Gasteiger charge is -2.08. The first-order valence-corrected chi connectivity index (χ1v) is 3.85. The van der Waals surface area contributed by atoms with Gasteiger partial charge in [0, 0.05) is 13.0 Å². The summed E-state index contributed by atoms with van der Waals surface area (Å²) in [6.07, 6.45) is -0.186. The highest BCUT2D eigenvalue weighted by Gasteiger charge is 2.32. The van der Waals surface area contributed by atoms with Crippen LogP contribution in [0.3, 0.4) is 0 Å². The molecule has 0 spiro atoms. The number of amides is 2. The number of aliphatic hydroxyl groups excluding tert-OH is 1. The fourth-order valence-electron chi connectivity index (χ4n) is 1.27. The van der Waals surface area contributed by atoms with Crippen molar-refractivity contribution in [2.24, 2.45) is 11.7 Å². The van der Waals surface area contributed by atoms with Crippen molar-refractivity contribution in [1.29, 1.82) is 0 Å². The first kappa shape index (κ1) is 8.99. The van der Waals surface area contributed by atoms with Crippen molar-refractivity contribution in [3.8, 4) is 0 Å². The van der Waals surface area contributed by atoms with Crippen LogP contribution >= 0.6 is 0 Å². The number of nitrogens with one attached hydrogen (secondary N) is 1. The van der Waals surface area contributed by atoms with Gasteiger partial charge >= 0.3 is 0 Å². The van der Waals surface area contributed by atoms with Gasteiger partial charge in [0.05, 0.1) is 12.0 Å². The monoisotopic (exact) mass is 172 g/mol. The highest BCUT2D eigenvalue weighted by Crippen LogP contribution is 2.16. The third kappa shape index (κ3) is 1.94. The molecule has 1 saturated heterocycles. The smallest absolute Gasteiger partial charge is 0.225 e. The van der Waals surface area contributed by atoms with Crippen molar-refractivity contribution in [3.05, 3.63) is 0 Å². The second-order valence-electron chi connectivity index (χ2n) is 2.92. The molecule has 0 aromatic rings. The van der Waals surface area contributed by atoms with Crippen LogP contribution in [0, 0.1) is 5.92 Å². The van der Waals surface area contributed by atoms with Gasteiger partial charge in [-0.3, -0.25) is 9.59 Å². The summed E-state index contributed by atoms with van der Waals surface area (Å²) in [5.74, 6) is -1.09. The molecule has 5 nitrogen and oxygen atoms in total. The zero-order valence-electron chi connectivity index (χ0n) is 6.62. The Morgan fingerprint density at radius 2 is 2.42 bits per heavy atom. The van der Waals surface area contributed by atoms with E-state index in [-0.39, 0.29) is 18.9 Å². The summed E-state index contributed by atoms with van der Waals surface area (Å²) < 4.78 is 0. The molecule has 2 amide bonds. The Bertz CT molecular complexity index is 205. The molecular weight excluding hydrogens is 160 g/mol. The quantitative estimate of drug-likeness (QED) is 0.476. The van der Waals surface area contributed by atoms with Crippen LogP contribution in [0.5, 0.6) is 0 Å². The van der Waals surface area contributed by atoms with Crippen LogP contribution in [0.2, 0.25) is 0 Å². The molecule has 0 radical (unpaired) electrons. The summed E-state index contributed by atoms with van der Waals surface area (Å²) in [5.41, 5.74) is 4.91. The molecule has 0 saturated carbocycles. The number of carbonyl (C=O) groups excluding carboxylic acids is 2. The van der Waals surface area contributed by atoms with Crippen LogP contribution in [-0.2, 0) is 9.59 Å². The van der Waals surface area contributed by atoms with Gasteiger partial charge in [-0.2, -0.15) is 0 Å². The Morgan fingerprint density at radius 1 is 1.75 bits per heavy atom. The predicted molar refractivity (Wildman–Crippen MR) is 40.9 cm³/mol. The molecule has 1 heterocycles. The van der Waals surface area contributed by atoms with Gasteiger partial charge in [-0.05, 0) is 6.42 Å². The Balaban J connectivity index is 2.39. The largest absolute Gasteiger partial charge is 0.390 e. The van der Waals surface area contributed by atoms with Crippen LogP contribution in [0.25, 0.3) is 0 Å². The van der Waals surface area contributed by atoms with Crippen LogP contribution in [0.4, 0.5) is 0 Å². The van der Waals surface area contributed by atoms with Gasteiger partial charge < -0.3 is 16.2 Å². The molecule has 1 aliphatic rings. The van der Waals surface area contributed by atoms with Crippen LogP contribution < -0.4 is 11.1 Å². The molecular formula is C7H12N2O3. The van der Waals surface area contributed by atoms with E-state index in [0.717, 1.165) is 0 Å². The fourth-order valence-corrected chi connectivity index (χ4v) is 1.27. The topological polar surface area (TPSA) is 92.4 Å². The van der Waals surface area contributed by atoms with E-state index in [1.807, 2.05) is 0 Å². The first-order valence-electron chi connectivity index (χ1n) is 3.85. The second-order valence-corrected chi connectivity index (χ2v) is 2.92. The number of rotatable bonds is 3. The molecule has 1 rings (SSSR count). The van der Waals surface area contributed by atoms with Gasteiger partial charge in [0.15, 0.2) is 0 Å². The predicted octanol–water partition coefficient (Wildman–Crippen LogP) is -1.64. The molecule has 0 aliphatic carbocycles. The minimum atomic E-state index is -0.670. The Hall–Kier alpha value is -1.10. The molecule has 2 atom stereocenters. The van der Waals surface area contributed by atoms with E-state index in [9.17, 15) is 14.7 Å². The fraction of sp³-hybridized carbons (Fsp3) is 0.714. The number of aliphatic hydroxyl groups is 1. The minimum absolute atomic E-state index is 0.148. The third-order valence-corrected chi connectivity index (χ3v) is 1.99. The molecule has 68 valence electrons. The number of primary amides is 1. The van der Waals surface area contributed by atoms with Gasteiger partial charge in [0.1, 0.15) is 0 Å². The summed E-state index contributed by atoms with van der Waals surface area (Å²) >= 11 is 0. The number of hydrogen-bond acceptors (Lipinski definition) is 3. The highest BCUT2D eigenvalue weighted by atomic mass is 16.3. The zero-order chi connectivity index (χ0) is 9.14. The van der Waals surface area contributed by atoms with Crippen molar-refractivity contribution in [1.82, 2.24) is 5.32 Å². The second kappa shape index (κ2) is 3.53. The lowest BCUT2D eigenvalue weighted by molar-refractivity contribution is -0.124. The molecule has 12 heavy (non-hydrogen) atoms. The van der Waals surface area contributed by atoms with Crippen molar-refractivity contribution in [3.63, 3.8) is 0 Å². The summed E-state index contributed by atoms with van der Waals surface area (Å²) in [7, 11) is 0. The van der Waals surface area contributed by atoms with Gasteiger partial charge in [-0.15, -0.1) is 0 Å². The maximum Gasteiger partial charge on any atom is 0.225 e. The lowest BCUT2D eigenvalue weighted by atomic mass is 9.99. The van der Waals surface area contributed by atoms with E-state index in [1.165, 1.54) is 0 Å². The molecule has 0 bridgehead atoms. The maximum absolute atomic E-state index is 11.0. The van der Waals surface area contributed by atoms with E-state index < -0.39 is 17.9 Å². The van der Waals surface area contributed by atoms with Gasteiger partial charge in [0.25, 0.3) is 0 Å². The molecule has 1 aliphatic heterocycles. The number of nitrogens with two attached hydrogens (primary N) is 1. The summed E-state index contributed by atoms with van der Waals surface area (Å²) in [6, 6.07) is 0. The Morgan fingerprint density at radius 3 is 2.83 bits per heavy atom. The summed E-state index contributed by atoms with van der Waals surface area (Å²) in [5, 5.41) is 11.7. The number of β-amino-alcohol motifs (C(OH)–C–C–N with tert-alkyl or cyclic N) is 1. The van der Waals surface area contributed by atoms with Gasteiger partial charge in [0.2, 0.25) is 11.8 Å². The summed E-state index contributed by atoms with van der Waals surface area (Å²) in [4.78, 5) is 21.4. The van der Waals surface area contributed by atoms with E-state index in [2.05, 4.69) is 5.32 Å². The average Bonchev–Trinajstić information content (AvgIpc) is 2.28. The Labute approximate surface area is 69.9 Å². The molecule has 0 aromatic carbocycles. The van der Waals surface area contributed by atoms with Crippen molar-refractivity contribution < 1.29 is 14.7 Å². The molecule has 0 aromatic heterocycles. The van der Waals surface area contributed by atoms with E-state index in [4.69, 9.17) is 5.73 Å². The Kier molecular flexibility index (Phi) is 2.65. The van der Waals surface area contributed by atoms with E-state index in [1.54, 1.807) is 0 Å². The van der Waals surface area contributed by atoms with E-state index in [0.29, 0.717) is 6.42 Å². The average molecular weight is 172 g/mol. The highest BCUT2D eigenvalue weighted by molar-refractivity contribution is 5.82. The number of hydrogen-bond donors (Lipinski definition) is 3. The molecule has 1 fully saturated rings. The van der Waals surface area contributed by atoms with Crippen molar-refractivity contribution in [2.75, 3.05) is 6.54 Å². The zero-order valence-corrected chi connectivity index (χ0v) is 6.62. The first-order chi connectivity index (χ1) is 5.61. The third-order valence-electron chi connectivity index (χ3n) is 1.99. The van der Waals surface area contributed by atoms with Crippen LogP contribution in [0.1, 0.15) is 12.8 Å². The van der Waals surface area contributed by atoms with Crippen molar-refractivity contribution in [2.45, 2.75) is 18.9 Å². The normalized spacial score (nSPS) is 28.6. The SMILES string of the molecule is NC(=O)CCC1C(=O)NCC1O. The van der Waals surface area contributed by atoms with Crippen LogP contribution in [-0.4, -0.2) is 29.6 Å². The molecule has 5 heteroatoms. The maximum atomic E-state index is 11.0. The summed E-state index contributed by atoms with van der Waals surface area (Å²) in [6.45, 7) is 0.280. The standard InChI is InChI=1S/C7H12N2O3/c8-6(11)2-1-4-5(10)3-9-7(4)12/h4-5,10H,1-3H2,(H2,8,11)(H,9,12). The van der Waals surface area contributed by atoms with Crippen molar-refractivity contribution >= 4 is 11.8 Å². The number of carbonyl (C=O) groups is 2.